The third kappa shape index (κ3) is 2.11. The largest absolute Gasteiger partial charge is 0.381 e. The van der Waals surface area contributed by atoms with Crippen molar-refractivity contribution in [1.29, 1.82) is 0 Å². The second-order valence-corrected chi connectivity index (χ2v) is 3.80. The minimum absolute atomic E-state index is 0.533. The van der Waals surface area contributed by atoms with Crippen LogP contribution in [0.2, 0.25) is 0 Å². The molecule has 0 radical (unpaired) electrons. The van der Waals surface area contributed by atoms with Crippen molar-refractivity contribution in [3.8, 4) is 0 Å². The average Bonchev–Trinajstić information content (AvgIpc) is 2.67. The average molecular weight is 246 g/mol. The Hall–Kier alpha value is -0.350. The Labute approximate surface area is 85.6 Å². The molecule has 0 atom stereocenters. The fourth-order valence-electron chi connectivity index (χ4n) is 1.58. The Kier molecular flexibility index (Phi) is 3.01. The number of halogens is 1. The van der Waals surface area contributed by atoms with E-state index in [0.717, 1.165) is 42.8 Å². The van der Waals surface area contributed by atoms with Crippen LogP contribution in [0.1, 0.15) is 30.2 Å². The van der Waals surface area contributed by atoms with E-state index in [1.165, 1.54) is 0 Å². The van der Waals surface area contributed by atoms with Crippen molar-refractivity contribution in [3.63, 3.8) is 0 Å². The van der Waals surface area contributed by atoms with Crippen molar-refractivity contribution >= 4 is 15.9 Å². The first kappa shape index (κ1) is 9.21. The third-order valence-electron chi connectivity index (χ3n) is 2.35. The van der Waals surface area contributed by atoms with E-state index in [0.29, 0.717) is 5.92 Å². The Bertz CT molecular complexity index is 268. The molecule has 4 heteroatoms. The molecular weight excluding hydrogens is 234 g/mol. The molecule has 1 aromatic heterocycles. The lowest BCUT2D eigenvalue weighted by Crippen LogP contribution is -2.14. The van der Waals surface area contributed by atoms with Crippen LogP contribution >= 0.6 is 15.9 Å². The molecule has 0 aliphatic carbocycles. The second-order valence-electron chi connectivity index (χ2n) is 3.24. The Morgan fingerprint density at radius 3 is 2.85 bits per heavy atom. The minimum atomic E-state index is 0.533. The number of hydrogen-bond donors (Lipinski definition) is 0. The molecule has 0 unspecified atom stereocenters. The standard InChI is InChI=1S/C9H12BrNO2/c10-6-8-5-9(11-13-8)7-1-3-12-4-2-7/h5,7H,1-4,6H2. The SMILES string of the molecule is BrCc1cc(C2CCOCC2)no1. The van der Waals surface area contributed by atoms with E-state index in [1.807, 2.05) is 6.07 Å². The van der Waals surface area contributed by atoms with Gasteiger partial charge in [0.2, 0.25) is 0 Å². The summed E-state index contributed by atoms with van der Waals surface area (Å²) in [5.74, 6) is 1.44. The maximum Gasteiger partial charge on any atom is 0.147 e. The molecule has 0 N–H and O–H groups in total. The van der Waals surface area contributed by atoms with Crippen LogP contribution in [0.3, 0.4) is 0 Å². The van der Waals surface area contributed by atoms with E-state index in [2.05, 4.69) is 21.1 Å². The molecule has 3 nitrogen and oxygen atoms in total. The van der Waals surface area contributed by atoms with Gasteiger partial charge < -0.3 is 9.26 Å². The van der Waals surface area contributed by atoms with Crippen LogP contribution in [0.4, 0.5) is 0 Å². The maximum atomic E-state index is 5.29. The summed E-state index contributed by atoms with van der Waals surface area (Å²) in [5, 5.41) is 4.79. The van der Waals surface area contributed by atoms with Crippen molar-refractivity contribution in [1.82, 2.24) is 5.16 Å². The molecule has 0 spiro atoms. The molecule has 1 fully saturated rings. The molecule has 0 amide bonds. The first-order chi connectivity index (χ1) is 6.40. The van der Waals surface area contributed by atoms with Crippen molar-refractivity contribution in [3.05, 3.63) is 17.5 Å². The highest BCUT2D eigenvalue weighted by Gasteiger charge is 2.19. The van der Waals surface area contributed by atoms with Gasteiger partial charge in [-0.2, -0.15) is 0 Å². The summed E-state index contributed by atoms with van der Waals surface area (Å²) >= 11 is 3.34. The normalized spacial score (nSPS) is 19.2. The summed E-state index contributed by atoms with van der Waals surface area (Å²) in [5.41, 5.74) is 1.08. The molecule has 2 rings (SSSR count). The summed E-state index contributed by atoms with van der Waals surface area (Å²) in [6, 6.07) is 2.03. The Balaban J connectivity index is 2.05. The summed E-state index contributed by atoms with van der Waals surface area (Å²) < 4.78 is 10.4. The van der Waals surface area contributed by atoms with Gasteiger partial charge in [-0.3, -0.25) is 0 Å². The van der Waals surface area contributed by atoms with Gasteiger partial charge in [0.25, 0.3) is 0 Å². The van der Waals surface area contributed by atoms with E-state index < -0.39 is 0 Å². The van der Waals surface area contributed by atoms with E-state index in [1.54, 1.807) is 0 Å². The van der Waals surface area contributed by atoms with Gasteiger partial charge in [-0.1, -0.05) is 21.1 Å². The molecule has 1 saturated heterocycles. The van der Waals surface area contributed by atoms with Crippen LogP contribution in [0.5, 0.6) is 0 Å². The molecule has 0 bridgehead atoms. The van der Waals surface area contributed by atoms with E-state index in [-0.39, 0.29) is 0 Å². The van der Waals surface area contributed by atoms with Crippen LogP contribution in [0, 0.1) is 0 Å². The summed E-state index contributed by atoms with van der Waals surface area (Å²) in [6.45, 7) is 1.70. The van der Waals surface area contributed by atoms with Crippen molar-refractivity contribution < 1.29 is 9.26 Å². The van der Waals surface area contributed by atoms with Crippen LogP contribution < -0.4 is 0 Å². The van der Waals surface area contributed by atoms with Gasteiger partial charge in [0.1, 0.15) is 5.76 Å². The number of nitrogens with zero attached hydrogens (tertiary/aromatic N) is 1. The first-order valence-electron chi connectivity index (χ1n) is 4.49. The lowest BCUT2D eigenvalue weighted by Gasteiger charge is -2.19. The molecule has 1 aromatic rings. The zero-order chi connectivity index (χ0) is 9.10. The summed E-state index contributed by atoms with van der Waals surface area (Å²) in [6.07, 6.45) is 2.13. The third-order valence-corrected chi connectivity index (χ3v) is 2.90. The summed E-state index contributed by atoms with van der Waals surface area (Å²) in [7, 11) is 0. The van der Waals surface area contributed by atoms with Crippen LogP contribution in [0.15, 0.2) is 10.6 Å². The van der Waals surface area contributed by atoms with E-state index in [9.17, 15) is 0 Å². The highest BCUT2D eigenvalue weighted by Crippen LogP contribution is 2.26. The number of alkyl halides is 1. The van der Waals surface area contributed by atoms with Gasteiger partial charge in [0, 0.05) is 25.2 Å². The molecule has 1 aliphatic heterocycles. The van der Waals surface area contributed by atoms with Crippen LogP contribution in [-0.4, -0.2) is 18.4 Å². The Morgan fingerprint density at radius 2 is 2.23 bits per heavy atom. The number of ether oxygens (including phenoxy) is 1. The predicted octanol–water partition coefficient (Wildman–Crippen LogP) is 2.46. The molecule has 72 valence electrons. The molecule has 13 heavy (non-hydrogen) atoms. The zero-order valence-corrected chi connectivity index (χ0v) is 8.92. The van der Waals surface area contributed by atoms with Crippen molar-refractivity contribution in [2.45, 2.75) is 24.1 Å². The van der Waals surface area contributed by atoms with E-state index >= 15 is 0 Å². The molecule has 0 saturated carbocycles. The van der Waals surface area contributed by atoms with Crippen LogP contribution in [-0.2, 0) is 10.1 Å². The molecular formula is C9H12BrNO2. The highest BCUT2D eigenvalue weighted by molar-refractivity contribution is 9.08. The first-order valence-corrected chi connectivity index (χ1v) is 5.61. The number of hydrogen-bond acceptors (Lipinski definition) is 3. The summed E-state index contributed by atoms with van der Waals surface area (Å²) in [4.78, 5) is 0. The monoisotopic (exact) mass is 245 g/mol. The van der Waals surface area contributed by atoms with E-state index in [4.69, 9.17) is 9.26 Å². The highest BCUT2D eigenvalue weighted by atomic mass is 79.9. The van der Waals surface area contributed by atoms with Crippen molar-refractivity contribution in [2.75, 3.05) is 13.2 Å². The van der Waals surface area contributed by atoms with Gasteiger partial charge in [-0.15, -0.1) is 0 Å². The smallest absolute Gasteiger partial charge is 0.147 e. The fourth-order valence-corrected chi connectivity index (χ4v) is 1.84. The van der Waals surface area contributed by atoms with Gasteiger partial charge >= 0.3 is 0 Å². The number of aromatic nitrogens is 1. The van der Waals surface area contributed by atoms with Gasteiger partial charge in [-0.25, -0.2) is 0 Å². The molecule has 2 heterocycles. The Morgan fingerprint density at radius 1 is 1.46 bits per heavy atom. The fraction of sp³-hybridized carbons (Fsp3) is 0.667. The molecule has 1 aliphatic rings. The topological polar surface area (TPSA) is 35.3 Å². The zero-order valence-electron chi connectivity index (χ0n) is 7.33. The second kappa shape index (κ2) is 4.24. The lowest BCUT2D eigenvalue weighted by atomic mass is 9.97. The number of rotatable bonds is 2. The van der Waals surface area contributed by atoms with Crippen molar-refractivity contribution in [2.24, 2.45) is 0 Å². The van der Waals surface area contributed by atoms with Gasteiger partial charge in [-0.05, 0) is 12.8 Å². The minimum Gasteiger partial charge on any atom is -0.381 e. The lowest BCUT2D eigenvalue weighted by molar-refractivity contribution is 0.0838. The van der Waals surface area contributed by atoms with Gasteiger partial charge in [0.15, 0.2) is 0 Å². The maximum absolute atomic E-state index is 5.29. The molecule has 0 aromatic carbocycles. The quantitative estimate of drug-likeness (QED) is 0.752. The van der Waals surface area contributed by atoms with Crippen LogP contribution in [0.25, 0.3) is 0 Å². The van der Waals surface area contributed by atoms with Gasteiger partial charge in [0.05, 0.1) is 11.0 Å². The predicted molar refractivity (Wildman–Crippen MR) is 51.9 cm³/mol.